The first-order valence-corrected chi connectivity index (χ1v) is 10.1. The monoisotopic (exact) mass is 383 g/mol. The van der Waals surface area contributed by atoms with Gasteiger partial charge < -0.3 is 14.2 Å². The van der Waals surface area contributed by atoms with Gasteiger partial charge in [0.15, 0.2) is 5.76 Å². The number of aryl methyl sites for hydroxylation is 1. The van der Waals surface area contributed by atoms with Crippen LogP contribution in [0.5, 0.6) is 0 Å². The van der Waals surface area contributed by atoms with Crippen molar-refractivity contribution in [1.82, 2.24) is 15.0 Å². The van der Waals surface area contributed by atoms with Crippen LogP contribution in [0.3, 0.4) is 0 Å². The van der Waals surface area contributed by atoms with E-state index in [0.29, 0.717) is 25.6 Å². The third kappa shape index (κ3) is 3.84. The SMILES string of the molecule is COCCN1CCC[C@@]2(CCN(Cc3cc(-c4ccc(C)cc4)no3)C2)C1=O. The number of amides is 1. The number of nitrogens with zero attached hydrogens (tertiary/aromatic N) is 3. The summed E-state index contributed by atoms with van der Waals surface area (Å²) in [6.07, 6.45) is 2.98. The van der Waals surface area contributed by atoms with Gasteiger partial charge >= 0.3 is 0 Å². The van der Waals surface area contributed by atoms with E-state index >= 15 is 0 Å². The standard InChI is InChI=1S/C22H29N3O3/c1-17-4-6-18(7-5-17)20-14-19(28-23-20)15-24-11-9-22(16-24)8-3-10-25(21(22)26)12-13-27-2/h4-7,14H,3,8-13,15-16H2,1-2H3/t22-/m0/s1. The van der Waals surface area contributed by atoms with Gasteiger partial charge in [-0.3, -0.25) is 9.69 Å². The van der Waals surface area contributed by atoms with E-state index in [4.69, 9.17) is 9.26 Å². The van der Waals surface area contributed by atoms with E-state index in [-0.39, 0.29) is 5.41 Å². The number of methoxy groups -OCH3 is 1. The average molecular weight is 383 g/mol. The van der Waals surface area contributed by atoms with E-state index < -0.39 is 0 Å². The van der Waals surface area contributed by atoms with E-state index in [1.165, 1.54) is 5.56 Å². The first-order valence-electron chi connectivity index (χ1n) is 10.1. The number of aromatic nitrogens is 1. The predicted molar refractivity (Wildman–Crippen MR) is 107 cm³/mol. The molecule has 1 amide bonds. The van der Waals surface area contributed by atoms with Gasteiger partial charge in [-0.25, -0.2) is 0 Å². The zero-order valence-electron chi connectivity index (χ0n) is 16.8. The highest BCUT2D eigenvalue weighted by Gasteiger charge is 2.48. The third-order valence-electron chi connectivity index (χ3n) is 6.11. The van der Waals surface area contributed by atoms with Gasteiger partial charge in [0.2, 0.25) is 5.91 Å². The molecule has 150 valence electrons. The summed E-state index contributed by atoms with van der Waals surface area (Å²) >= 11 is 0. The van der Waals surface area contributed by atoms with Gasteiger partial charge in [0.05, 0.1) is 18.6 Å². The largest absolute Gasteiger partial charge is 0.383 e. The lowest BCUT2D eigenvalue weighted by molar-refractivity contribution is -0.146. The van der Waals surface area contributed by atoms with Crippen LogP contribution in [-0.4, -0.2) is 60.8 Å². The molecule has 6 heteroatoms. The maximum absolute atomic E-state index is 13.1. The van der Waals surface area contributed by atoms with Crippen LogP contribution in [0.2, 0.25) is 0 Å². The van der Waals surface area contributed by atoms with Crippen molar-refractivity contribution in [3.05, 3.63) is 41.7 Å². The molecule has 1 spiro atoms. The summed E-state index contributed by atoms with van der Waals surface area (Å²) in [5.74, 6) is 1.16. The van der Waals surface area contributed by atoms with E-state index in [2.05, 4.69) is 41.2 Å². The minimum atomic E-state index is -0.230. The van der Waals surface area contributed by atoms with Crippen molar-refractivity contribution in [2.45, 2.75) is 32.7 Å². The van der Waals surface area contributed by atoms with E-state index in [0.717, 1.165) is 55.9 Å². The second kappa shape index (κ2) is 8.05. The number of carbonyl (C=O) groups is 1. The Kier molecular flexibility index (Phi) is 5.51. The molecule has 0 aliphatic carbocycles. The molecule has 0 N–H and O–H groups in total. The Hall–Kier alpha value is -2.18. The molecule has 2 aliphatic heterocycles. The summed E-state index contributed by atoms with van der Waals surface area (Å²) in [5.41, 5.74) is 2.93. The maximum Gasteiger partial charge on any atom is 0.230 e. The molecule has 2 aromatic rings. The summed E-state index contributed by atoms with van der Waals surface area (Å²) in [7, 11) is 1.68. The smallest absolute Gasteiger partial charge is 0.230 e. The Morgan fingerprint density at radius 1 is 1.21 bits per heavy atom. The van der Waals surface area contributed by atoms with Gasteiger partial charge in [0, 0.05) is 38.4 Å². The number of benzene rings is 1. The molecule has 2 saturated heterocycles. The van der Waals surface area contributed by atoms with Crippen LogP contribution < -0.4 is 0 Å². The van der Waals surface area contributed by atoms with Crippen molar-refractivity contribution in [2.75, 3.05) is 39.9 Å². The molecule has 28 heavy (non-hydrogen) atoms. The van der Waals surface area contributed by atoms with Crippen LogP contribution >= 0.6 is 0 Å². The Morgan fingerprint density at radius 3 is 2.82 bits per heavy atom. The first-order chi connectivity index (χ1) is 13.6. The first kappa shape index (κ1) is 19.2. The number of likely N-dealkylation sites (tertiary alicyclic amines) is 2. The topological polar surface area (TPSA) is 58.8 Å². The Morgan fingerprint density at radius 2 is 2.04 bits per heavy atom. The van der Waals surface area contributed by atoms with Crippen LogP contribution in [0.25, 0.3) is 11.3 Å². The Bertz CT molecular complexity index is 817. The normalized spacial score (nSPS) is 23.1. The summed E-state index contributed by atoms with van der Waals surface area (Å²) < 4.78 is 10.8. The lowest BCUT2D eigenvalue weighted by atomic mass is 9.78. The molecule has 3 heterocycles. The number of hydrogen-bond acceptors (Lipinski definition) is 5. The van der Waals surface area contributed by atoms with Crippen molar-refractivity contribution in [1.29, 1.82) is 0 Å². The fraction of sp³-hybridized carbons (Fsp3) is 0.545. The van der Waals surface area contributed by atoms with Crippen LogP contribution in [0.15, 0.2) is 34.9 Å². The molecule has 1 aromatic heterocycles. The summed E-state index contributed by atoms with van der Waals surface area (Å²) in [6.45, 7) is 6.65. The molecule has 0 saturated carbocycles. The molecule has 6 nitrogen and oxygen atoms in total. The summed E-state index contributed by atoms with van der Waals surface area (Å²) in [6, 6.07) is 10.3. The summed E-state index contributed by atoms with van der Waals surface area (Å²) in [5, 5.41) is 4.23. The maximum atomic E-state index is 13.1. The van der Waals surface area contributed by atoms with Gasteiger partial charge in [0.1, 0.15) is 5.69 Å². The second-order valence-corrected chi connectivity index (χ2v) is 8.17. The molecule has 1 aromatic carbocycles. The molecule has 4 rings (SSSR count). The van der Waals surface area contributed by atoms with Crippen molar-refractivity contribution < 1.29 is 14.1 Å². The highest BCUT2D eigenvalue weighted by Crippen LogP contribution is 2.40. The minimum Gasteiger partial charge on any atom is -0.383 e. The number of piperidine rings is 1. The fourth-order valence-electron chi connectivity index (χ4n) is 4.51. The number of hydrogen-bond donors (Lipinski definition) is 0. The molecule has 0 bridgehead atoms. The van der Waals surface area contributed by atoms with Gasteiger partial charge in [0.25, 0.3) is 0 Å². The number of rotatable bonds is 6. The quantitative estimate of drug-likeness (QED) is 0.767. The lowest BCUT2D eigenvalue weighted by Crippen LogP contribution is -2.50. The summed E-state index contributed by atoms with van der Waals surface area (Å²) in [4.78, 5) is 17.4. The number of carbonyl (C=O) groups excluding carboxylic acids is 1. The lowest BCUT2D eigenvalue weighted by Gasteiger charge is -2.39. The molecule has 0 unspecified atom stereocenters. The molecule has 2 aliphatic rings. The predicted octanol–water partition coefficient (Wildman–Crippen LogP) is 3.11. The van der Waals surface area contributed by atoms with Crippen molar-refractivity contribution >= 4 is 5.91 Å². The zero-order chi connectivity index (χ0) is 19.6. The highest BCUT2D eigenvalue weighted by molar-refractivity contribution is 5.84. The molecule has 0 radical (unpaired) electrons. The van der Waals surface area contributed by atoms with Crippen molar-refractivity contribution in [2.24, 2.45) is 5.41 Å². The van der Waals surface area contributed by atoms with Crippen LogP contribution in [-0.2, 0) is 16.1 Å². The highest BCUT2D eigenvalue weighted by atomic mass is 16.5. The van der Waals surface area contributed by atoms with Gasteiger partial charge in [-0.1, -0.05) is 35.0 Å². The van der Waals surface area contributed by atoms with Gasteiger partial charge in [-0.05, 0) is 32.7 Å². The van der Waals surface area contributed by atoms with Crippen LogP contribution in [0, 0.1) is 12.3 Å². The Balaban J connectivity index is 1.39. The fourth-order valence-corrected chi connectivity index (χ4v) is 4.51. The van der Waals surface area contributed by atoms with Crippen molar-refractivity contribution in [3.8, 4) is 11.3 Å². The van der Waals surface area contributed by atoms with Crippen molar-refractivity contribution in [3.63, 3.8) is 0 Å². The third-order valence-corrected chi connectivity index (χ3v) is 6.11. The van der Waals surface area contributed by atoms with Gasteiger partial charge in [-0.15, -0.1) is 0 Å². The number of ether oxygens (including phenoxy) is 1. The van der Waals surface area contributed by atoms with E-state index in [1.54, 1.807) is 7.11 Å². The van der Waals surface area contributed by atoms with Crippen LogP contribution in [0.1, 0.15) is 30.6 Å². The average Bonchev–Trinajstić information content (AvgIpc) is 3.32. The van der Waals surface area contributed by atoms with E-state index in [1.807, 2.05) is 11.0 Å². The van der Waals surface area contributed by atoms with Crippen LogP contribution in [0.4, 0.5) is 0 Å². The minimum absolute atomic E-state index is 0.230. The second-order valence-electron chi connectivity index (χ2n) is 8.17. The van der Waals surface area contributed by atoms with Gasteiger partial charge in [-0.2, -0.15) is 0 Å². The molecule has 1 atom stereocenters. The molecular weight excluding hydrogens is 354 g/mol. The molecule has 2 fully saturated rings. The Labute approximate surface area is 166 Å². The van der Waals surface area contributed by atoms with E-state index in [9.17, 15) is 4.79 Å². The zero-order valence-corrected chi connectivity index (χ0v) is 16.8. The molecular formula is C22H29N3O3.